The largest absolute Gasteiger partial charge is 0.456 e. The van der Waals surface area contributed by atoms with E-state index in [0.717, 1.165) is 26.2 Å². The molecule has 0 bridgehead atoms. The van der Waals surface area contributed by atoms with E-state index in [4.69, 9.17) is 4.42 Å². The van der Waals surface area contributed by atoms with Gasteiger partial charge in [0.25, 0.3) is 5.91 Å². The zero-order valence-corrected chi connectivity index (χ0v) is 13.2. The number of hydrogen-bond donors (Lipinski definition) is 0. The number of aliphatic imine (C=N–C) groups is 1. The van der Waals surface area contributed by atoms with Gasteiger partial charge in [0.15, 0.2) is 0 Å². The summed E-state index contributed by atoms with van der Waals surface area (Å²) in [5.74, 6) is 0.430. The van der Waals surface area contributed by atoms with E-state index >= 15 is 0 Å². The average molecular weight is 326 g/mol. The number of para-hydroxylation sites is 1. The van der Waals surface area contributed by atoms with Crippen LogP contribution in [-0.2, 0) is 4.79 Å². The monoisotopic (exact) mass is 326 g/mol. The van der Waals surface area contributed by atoms with Crippen LogP contribution in [0.2, 0.25) is 0 Å². The molecule has 4 rings (SSSR count). The van der Waals surface area contributed by atoms with Gasteiger partial charge in [-0.25, -0.2) is 0 Å². The molecule has 3 heterocycles. The van der Waals surface area contributed by atoms with Crippen molar-refractivity contribution in [2.45, 2.75) is 0 Å². The number of fused-ring (bicyclic) bond motifs is 3. The van der Waals surface area contributed by atoms with Gasteiger partial charge in [-0.1, -0.05) is 23.9 Å². The van der Waals surface area contributed by atoms with Crippen molar-refractivity contribution in [2.75, 3.05) is 6.26 Å². The fourth-order valence-corrected chi connectivity index (χ4v) is 3.73. The number of rotatable bonds is 1. The summed E-state index contributed by atoms with van der Waals surface area (Å²) >= 11 is 2.84. The Morgan fingerprint density at radius 2 is 2.18 bits per heavy atom. The molecule has 0 radical (unpaired) electrons. The molecule has 0 fully saturated rings. The molecule has 2 aromatic heterocycles. The number of carbonyl (C=O) groups excluding carboxylic acids is 1. The van der Waals surface area contributed by atoms with Crippen LogP contribution >= 0.6 is 23.5 Å². The van der Waals surface area contributed by atoms with Gasteiger partial charge in [0.05, 0.1) is 10.4 Å². The second-order valence-corrected chi connectivity index (χ2v) is 6.79. The predicted molar refractivity (Wildman–Crippen MR) is 93.0 cm³/mol. The van der Waals surface area contributed by atoms with Crippen molar-refractivity contribution in [2.24, 2.45) is 4.99 Å². The summed E-state index contributed by atoms with van der Waals surface area (Å²) in [5, 5.41) is 1.89. The van der Waals surface area contributed by atoms with Crippen molar-refractivity contribution in [3.05, 3.63) is 47.2 Å². The number of nitrogens with zero attached hydrogens (tertiary/aromatic N) is 2. The van der Waals surface area contributed by atoms with E-state index in [-0.39, 0.29) is 5.91 Å². The number of thioether (sulfide) groups is 2. The first-order chi connectivity index (χ1) is 10.7. The summed E-state index contributed by atoms with van der Waals surface area (Å²) in [7, 11) is 0. The molecule has 1 aromatic carbocycles. The Labute approximate surface area is 134 Å². The second-order valence-electron chi connectivity index (χ2n) is 4.71. The van der Waals surface area contributed by atoms with Crippen LogP contribution in [-0.4, -0.2) is 21.5 Å². The van der Waals surface area contributed by atoms with Gasteiger partial charge in [-0.05, 0) is 24.5 Å². The molecule has 1 aliphatic rings. The van der Waals surface area contributed by atoms with Gasteiger partial charge in [-0.2, -0.15) is 4.99 Å². The molecule has 22 heavy (non-hydrogen) atoms. The van der Waals surface area contributed by atoms with Crippen LogP contribution in [0, 0.1) is 0 Å². The summed E-state index contributed by atoms with van der Waals surface area (Å²) in [6.45, 7) is 0. The van der Waals surface area contributed by atoms with E-state index in [1.54, 1.807) is 12.3 Å². The number of aromatic nitrogens is 1. The van der Waals surface area contributed by atoms with Crippen molar-refractivity contribution in [1.29, 1.82) is 0 Å². The normalized spacial score (nSPS) is 16.9. The average Bonchev–Trinajstić information content (AvgIpc) is 3.11. The van der Waals surface area contributed by atoms with E-state index in [0.29, 0.717) is 10.7 Å². The van der Waals surface area contributed by atoms with Crippen LogP contribution in [0.1, 0.15) is 5.76 Å². The third kappa shape index (κ3) is 2.24. The number of hydrogen-bond acceptors (Lipinski definition) is 5. The Bertz CT molecular complexity index is 973. The molecular formula is C16H10N2O2S2. The van der Waals surface area contributed by atoms with E-state index in [1.165, 1.54) is 23.5 Å². The number of benzene rings is 1. The first-order valence-corrected chi connectivity index (χ1v) is 8.62. The zero-order chi connectivity index (χ0) is 15.1. The Kier molecular flexibility index (Phi) is 3.28. The maximum atomic E-state index is 11.8. The first kappa shape index (κ1) is 13.6. The lowest BCUT2D eigenvalue weighted by atomic mass is 10.2. The third-order valence-electron chi connectivity index (χ3n) is 3.32. The van der Waals surface area contributed by atoms with Crippen LogP contribution in [0.5, 0.6) is 0 Å². The van der Waals surface area contributed by atoms with Crippen LogP contribution in [0.25, 0.3) is 27.9 Å². The fraction of sp³-hybridized carbons (Fsp3) is 0.0625. The number of carbonyl (C=O) groups is 1. The van der Waals surface area contributed by atoms with Gasteiger partial charge in [0.2, 0.25) is 0 Å². The van der Waals surface area contributed by atoms with Crippen LogP contribution < -0.4 is 0 Å². The number of furan rings is 1. The van der Waals surface area contributed by atoms with Crippen LogP contribution in [0.4, 0.5) is 0 Å². The molecule has 6 heteroatoms. The summed E-state index contributed by atoms with van der Waals surface area (Å²) in [4.78, 5) is 20.8. The fourth-order valence-electron chi connectivity index (χ4n) is 2.33. The minimum Gasteiger partial charge on any atom is -0.456 e. The quantitative estimate of drug-likeness (QED) is 0.624. The zero-order valence-electron chi connectivity index (χ0n) is 11.6. The molecule has 0 N–H and O–H groups in total. The minimum absolute atomic E-state index is 0.210. The SMILES string of the molecule is CSC1=NC(=O)/C(=C/c2cc3cnc4ccccc4c3o2)S1. The molecule has 0 saturated carbocycles. The highest BCUT2D eigenvalue weighted by Gasteiger charge is 2.21. The summed E-state index contributed by atoms with van der Waals surface area (Å²) in [6, 6.07) is 9.73. The summed E-state index contributed by atoms with van der Waals surface area (Å²) in [6.07, 6.45) is 5.44. The van der Waals surface area contributed by atoms with Crippen molar-refractivity contribution < 1.29 is 9.21 Å². The molecule has 1 aliphatic heterocycles. The molecule has 3 aromatic rings. The van der Waals surface area contributed by atoms with Gasteiger partial charge in [0, 0.05) is 23.0 Å². The van der Waals surface area contributed by atoms with Gasteiger partial charge in [0.1, 0.15) is 15.7 Å². The maximum absolute atomic E-state index is 11.8. The summed E-state index contributed by atoms with van der Waals surface area (Å²) < 4.78 is 6.68. The predicted octanol–water partition coefficient (Wildman–Crippen LogP) is 4.31. The van der Waals surface area contributed by atoms with Gasteiger partial charge in [-0.3, -0.25) is 9.78 Å². The van der Waals surface area contributed by atoms with E-state index in [2.05, 4.69) is 9.98 Å². The van der Waals surface area contributed by atoms with Crippen molar-refractivity contribution in [3.63, 3.8) is 0 Å². The molecule has 0 aliphatic carbocycles. The van der Waals surface area contributed by atoms with Gasteiger partial charge in [-0.15, -0.1) is 11.8 Å². The highest BCUT2D eigenvalue weighted by molar-refractivity contribution is 8.40. The topological polar surface area (TPSA) is 55.5 Å². The number of amides is 1. The standard InChI is InChI=1S/C16H10N2O2S2/c1-21-16-18-15(19)13(22-16)7-10-6-9-8-17-12-5-3-2-4-11(12)14(9)20-10/h2-8H,1H3/b13-7-. The Morgan fingerprint density at radius 3 is 3.00 bits per heavy atom. The molecule has 4 nitrogen and oxygen atoms in total. The van der Waals surface area contributed by atoms with Gasteiger partial charge < -0.3 is 4.42 Å². The molecule has 0 unspecified atom stereocenters. The van der Waals surface area contributed by atoms with Crippen molar-refractivity contribution in [1.82, 2.24) is 4.98 Å². The Balaban J connectivity index is 1.81. The minimum atomic E-state index is -0.210. The first-order valence-electron chi connectivity index (χ1n) is 6.58. The van der Waals surface area contributed by atoms with Crippen molar-refractivity contribution >= 4 is 61.8 Å². The molecule has 1 amide bonds. The van der Waals surface area contributed by atoms with Gasteiger partial charge >= 0.3 is 0 Å². The Morgan fingerprint density at radius 1 is 1.32 bits per heavy atom. The van der Waals surface area contributed by atoms with E-state index < -0.39 is 0 Å². The smallest absolute Gasteiger partial charge is 0.285 e. The number of pyridine rings is 1. The maximum Gasteiger partial charge on any atom is 0.285 e. The Hall–Kier alpha value is -2.05. The summed E-state index contributed by atoms with van der Waals surface area (Å²) in [5.41, 5.74) is 1.68. The second kappa shape index (κ2) is 5.30. The van der Waals surface area contributed by atoms with E-state index in [1.807, 2.05) is 36.6 Å². The molecular weight excluding hydrogens is 316 g/mol. The lowest BCUT2D eigenvalue weighted by Gasteiger charge is -1.96. The molecule has 0 saturated heterocycles. The van der Waals surface area contributed by atoms with E-state index in [9.17, 15) is 4.79 Å². The highest BCUT2D eigenvalue weighted by Crippen LogP contribution is 2.34. The van der Waals surface area contributed by atoms with Crippen molar-refractivity contribution in [3.8, 4) is 0 Å². The van der Waals surface area contributed by atoms with Crippen LogP contribution in [0.3, 0.4) is 0 Å². The molecule has 0 spiro atoms. The lowest BCUT2D eigenvalue weighted by molar-refractivity contribution is -0.113. The van der Waals surface area contributed by atoms with Crippen LogP contribution in [0.15, 0.2) is 50.8 Å². The molecule has 108 valence electrons. The lowest BCUT2D eigenvalue weighted by Crippen LogP contribution is -1.86. The third-order valence-corrected chi connectivity index (χ3v) is 5.29. The highest BCUT2D eigenvalue weighted by atomic mass is 32.2. The molecule has 0 atom stereocenters.